The van der Waals surface area contributed by atoms with Gasteiger partial charge in [-0.25, -0.2) is 9.67 Å². The normalized spacial score (nSPS) is 18.7. The molecule has 4 heteroatoms. The first-order chi connectivity index (χ1) is 5.59. The van der Waals surface area contributed by atoms with Gasteiger partial charge in [0, 0.05) is 5.92 Å². The van der Waals surface area contributed by atoms with Crippen molar-refractivity contribution in [2.75, 3.05) is 0 Å². The lowest BCUT2D eigenvalue weighted by Crippen LogP contribution is -2.36. The zero-order valence-corrected chi connectivity index (χ0v) is 7.73. The van der Waals surface area contributed by atoms with Crippen LogP contribution in [-0.4, -0.2) is 19.9 Å². The van der Waals surface area contributed by atoms with Gasteiger partial charge in [0.2, 0.25) is 0 Å². The van der Waals surface area contributed by atoms with Crippen LogP contribution in [0.3, 0.4) is 0 Å². The van der Waals surface area contributed by atoms with E-state index in [9.17, 15) is 5.11 Å². The Balaban J connectivity index is 2.85. The summed E-state index contributed by atoms with van der Waals surface area (Å²) < 4.78 is 1.49. The number of aromatic nitrogens is 3. The molecular formula is C8H15N3O. The number of nitrogens with zero attached hydrogens (tertiary/aromatic N) is 3. The molecule has 1 aromatic rings. The SMILES string of the molecule is CCC(C)C(C)(O)n1cncn1. The third-order valence-electron chi connectivity index (χ3n) is 2.43. The van der Waals surface area contributed by atoms with Gasteiger partial charge in [0.1, 0.15) is 12.7 Å². The first kappa shape index (κ1) is 9.19. The van der Waals surface area contributed by atoms with E-state index in [-0.39, 0.29) is 5.92 Å². The Morgan fingerprint density at radius 3 is 2.75 bits per heavy atom. The van der Waals surface area contributed by atoms with E-state index < -0.39 is 5.72 Å². The van der Waals surface area contributed by atoms with Crippen LogP contribution >= 0.6 is 0 Å². The maximum absolute atomic E-state index is 10.0. The molecule has 4 nitrogen and oxygen atoms in total. The van der Waals surface area contributed by atoms with E-state index in [1.54, 1.807) is 6.92 Å². The Morgan fingerprint density at radius 1 is 1.67 bits per heavy atom. The van der Waals surface area contributed by atoms with Gasteiger partial charge in [0.05, 0.1) is 0 Å². The van der Waals surface area contributed by atoms with Crippen molar-refractivity contribution in [3.8, 4) is 0 Å². The lowest BCUT2D eigenvalue weighted by atomic mass is 9.97. The average molecular weight is 169 g/mol. The minimum Gasteiger partial charge on any atom is -0.369 e. The number of hydrogen-bond donors (Lipinski definition) is 1. The molecule has 1 N–H and O–H groups in total. The molecule has 1 rings (SSSR count). The van der Waals surface area contributed by atoms with Gasteiger partial charge in [-0.05, 0) is 13.3 Å². The van der Waals surface area contributed by atoms with Crippen LogP contribution in [0.5, 0.6) is 0 Å². The predicted molar refractivity (Wildman–Crippen MR) is 45.3 cm³/mol. The van der Waals surface area contributed by atoms with E-state index in [4.69, 9.17) is 0 Å². The highest BCUT2D eigenvalue weighted by Gasteiger charge is 2.29. The van der Waals surface area contributed by atoms with Gasteiger partial charge in [-0.1, -0.05) is 13.8 Å². The molecular weight excluding hydrogens is 154 g/mol. The fourth-order valence-corrected chi connectivity index (χ4v) is 1.05. The molecule has 68 valence electrons. The van der Waals surface area contributed by atoms with Gasteiger partial charge in [-0.2, -0.15) is 5.10 Å². The van der Waals surface area contributed by atoms with Crippen molar-refractivity contribution in [3.05, 3.63) is 12.7 Å². The molecule has 2 atom stereocenters. The van der Waals surface area contributed by atoms with Gasteiger partial charge in [-0.3, -0.25) is 0 Å². The van der Waals surface area contributed by atoms with Crippen LogP contribution in [0.1, 0.15) is 27.2 Å². The second-order valence-electron chi connectivity index (χ2n) is 3.24. The van der Waals surface area contributed by atoms with Gasteiger partial charge in [-0.15, -0.1) is 0 Å². The monoisotopic (exact) mass is 169 g/mol. The molecule has 0 aliphatic carbocycles. The fourth-order valence-electron chi connectivity index (χ4n) is 1.05. The smallest absolute Gasteiger partial charge is 0.159 e. The number of rotatable bonds is 3. The second-order valence-corrected chi connectivity index (χ2v) is 3.24. The molecule has 0 radical (unpaired) electrons. The molecule has 12 heavy (non-hydrogen) atoms. The summed E-state index contributed by atoms with van der Waals surface area (Å²) >= 11 is 0. The van der Waals surface area contributed by atoms with E-state index in [0.29, 0.717) is 0 Å². The van der Waals surface area contributed by atoms with Crippen molar-refractivity contribution in [1.29, 1.82) is 0 Å². The summed E-state index contributed by atoms with van der Waals surface area (Å²) in [7, 11) is 0. The van der Waals surface area contributed by atoms with Gasteiger partial charge in [0.15, 0.2) is 5.72 Å². The summed E-state index contributed by atoms with van der Waals surface area (Å²) in [6, 6.07) is 0. The lowest BCUT2D eigenvalue weighted by molar-refractivity contribution is -0.0800. The highest BCUT2D eigenvalue weighted by atomic mass is 16.3. The average Bonchev–Trinajstić information content (AvgIpc) is 2.55. The predicted octanol–water partition coefficient (Wildman–Crippen LogP) is 0.989. The minimum atomic E-state index is -0.925. The van der Waals surface area contributed by atoms with Crippen LogP contribution in [0.25, 0.3) is 0 Å². The van der Waals surface area contributed by atoms with Crippen LogP contribution in [-0.2, 0) is 5.72 Å². The molecule has 0 fully saturated rings. The van der Waals surface area contributed by atoms with Crippen LogP contribution < -0.4 is 0 Å². The third-order valence-corrected chi connectivity index (χ3v) is 2.43. The standard InChI is InChI=1S/C8H15N3O/c1-4-7(2)8(3,12)11-6-9-5-10-11/h5-7,12H,4H2,1-3H3. The summed E-state index contributed by atoms with van der Waals surface area (Å²) in [5.41, 5.74) is -0.925. The first-order valence-electron chi connectivity index (χ1n) is 4.16. The Morgan fingerprint density at radius 2 is 2.33 bits per heavy atom. The minimum absolute atomic E-state index is 0.166. The molecule has 0 amide bonds. The number of aliphatic hydroxyl groups is 1. The van der Waals surface area contributed by atoms with Crippen molar-refractivity contribution < 1.29 is 5.11 Å². The Bertz CT molecular complexity index is 230. The summed E-state index contributed by atoms with van der Waals surface area (Å²) in [5, 5.41) is 13.9. The molecule has 2 unspecified atom stereocenters. The quantitative estimate of drug-likeness (QED) is 0.734. The molecule has 0 aliphatic heterocycles. The highest BCUT2D eigenvalue weighted by molar-refractivity contribution is 4.75. The molecule has 0 spiro atoms. The molecule has 0 aliphatic rings. The zero-order chi connectivity index (χ0) is 9.19. The van der Waals surface area contributed by atoms with E-state index in [1.807, 2.05) is 13.8 Å². The zero-order valence-electron chi connectivity index (χ0n) is 7.73. The largest absolute Gasteiger partial charge is 0.369 e. The van der Waals surface area contributed by atoms with Crippen molar-refractivity contribution in [3.63, 3.8) is 0 Å². The Kier molecular flexibility index (Phi) is 2.47. The maximum atomic E-state index is 10.0. The van der Waals surface area contributed by atoms with E-state index >= 15 is 0 Å². The van der Waals surface area contributed by atoms with Gasteiger partial charge < -0.3 is 5.11 Å². The molecule has 0 bridgehead atoms. The van der Waals surface area contributed by atoms with E-state index in [1.165, 1.54) is 17.3 Å². The molecule has 1 heterocycles. The maximum Gasteiger partial charge on any atom is 0.159 e. The molecule has 0 saturated carbocycles. The first-order valence-corrected chi connectivity index (χ1v) is 4.16. The third kappa shape index (κ3) is 1.48. The Hall–Kier alpha value is -0.900. The van der Waals surface area contributed by atoms with Crippen molar-refractivity contribution in [1.82, 2.24) is 14.8 Å². The second kappa shape index (κ2) is 3.23. The van der Waals surface area contributed by atoms with E-state index in [0.717, 1.165) is 6.42 Å². The summed E-state index contributed by atoms with van der Waals surface area (Å²) in [6.07, 6.45) is 3.87. The van der Waals surface area contributed by atoms with Crippen LogP contribution in [0.4, 0.5) is 0 Å². The molecule has 1 aromatic heterocycles. The van der Waals surface area contributed by atoms with Crippen molar-refractivity contribution in [2.45, 2.75) is 32.9 Å². The summed E-state index contributed by atoms with van der Waals surface area (Å²) in [6.45, 7) is 5.77. The van der Waals surface area contributed by atoms with Crippen molar-refractivity contribution >= 4 is 0 Å². The highest BCUT2D eigenvalue weighted by Crippen LogP contribution is 2.23. The number of hydrogen-bond acceptors (Lipinski definition) is 3. The van der Waals surface area contributed by atoms with Gasteiger partial charge >= 0.3 is 0 Å². The van der Waals surface area contributed by atoms with Crippen LogP contribution in [0.15, 0.2) is 12.7 Å². The topological polar surface area (TPSA) is 50.9 Å². The van der Waals surface area contributed by atoms with E-state index in [2.05, 4.69) is 10.1 Å². The van der Waals surface area contributed by atoms with Crippen LogP contribution in [0.2, 0.25) is 0 Å². The van der Waals surface area contributed by atoms with Crippen molar-refractivity contribution in [2.24, 2.45) is 5.92 Å². The van der Waals surface area contributed by atoms with Crippen LogP contribution in [0, 0.1) is 5.92 Å². The molecule has 0 saturated heterocycles. The summed E-state index contributed by atoms with van der Waals surface area (Å²) in [5.74, 6) is 0.166. The fraction of sp³-hybridized carbons (Fsp3) is 0.750. The van der Waals surface area contributed by atoms with Gasteiger partial charge in [0.25, 0.3) is 0 Å². The molecule has 0 aromatic carbocycles. The summed E-state index contributed by atoms with van der Waals surface area (Å²) in [4.78, 5) is 3.80. The Labute approximate surface area is 72.2 Å². The lowest BCUT2D eigenvalue weighted by Gasteiger charge is -2.29.